The van der Waals surface area contributed by atoms with Crippen LogP contribution in [0.2, 0.25) is 0 Å². The van der Waals surface area contributed by atoms with Gasteiger partial charge in [-0.3, -0.25) is 4.79 Å². The molecule has 0 saturated heterocycles. The van der Waals surface area contributed by atoms with Crippen LogP contribution in [0.15, 0.2) is 36.4 Å². The number of halogens is 1. The van der Waals surface area contributed by atoms with Crippen molar-refractivity contribution in [1.82, 2.24) is 0 Å². The SMILES string of the molecule is CCC(CCCc1cccc(NC(=O)Cc2cc(OC)cc(I)c2O)c1)C(C)(C)C. The summed E-state index contributed by atoms with van der Waals surface area (Å²) in [6, 6.07) is 11.5. The summed E-state index contributed by atoms with van der Waals surface area (Å²) in [5.41, 5.74) is 2.92. The molecule has 0 saturated carbocycles. The Balaban J connectivity index is 1.97. The van der Waals surface area contributed by atoms with Gasteiger partial charge < -0.3 is 15.2 Å². The number of rotatable bonds is 9. The molecular weight excluding hydrogens is 489 g/mol. The van der Waals surface area contributed by atoms with Crippen molar-refractivity contribution in [3.05, 3.63) is 51.1 Å². The van der Waals surface area contributed by atoms with Crippen molar-refractivity contribution < 1.29 is 14.6 Å². The molecule has 5 heteroatoms. The molecule has 0 aromatic heterocycles. The number of amides is 1. The number of methoxy groups -OCH3 is 1. The Hall–Kier alpha value is -1.76. The highest BCUT2D eigenvalue weighted by molar-refractivity contribution is 14.1. The Morgan fingerprint density at radius 3 is 2.60 bits per heavy atom. The third kappa shape index (κ3) is 7.18. The molecular formula is C25H34INO3. The highest BCUT2D eigenvalue weighted by Gasteiger charge is 2.22. The number of anilines is 1. The molecule has 0 aliphatic heterocycles. The maximum Gasteiger partial charge on any atom is 0.228 e. The van der Waals surface area contributed by atoms with Crippen LogP contribution in [0.3, 0.4) is 0 Å². The Labute approximate surface area is 194 Å². The first-order valence-corrected chi connectivity index (χ1v) is 11.7. The van der Waals surface area contributed by atoms with Crippen LogP contribution in [-0.2, 0) is 17.6 Å². The predicted octanol–water partition coefficient (Wildman–Crippen LogP) is 6.58. The van der Waals surface area contributed by atoms with Gasteiger partial charge in [-0.1, -0.05) is 46.2 Å². The molecule has 2 rings (SSSR count). The van der Waals surface area contributed by atoms with E-state index < -0.39 is 0 Å². The van der Waals surface area contributed by atoms with Crippen LogP contribution in [0.4, 0.5) is 5.69 Å². The molecule has 0 bridgehead atoms. The molecule has 0 aliphatic carbocycles. The number of hydrogen-bond acceptors (Lipinski definition) is 3. The summed E-state index contributed by atoms with van der Waals surface area (Å²) in [5, 5.41) is 13.2. The lowest BCUT2D eigenvalue weighted by atomic mass is 9.76. The Morgan fingerprint density at radius 2 is 1.97 bits per heavy atom. The molecule has 0 aliphatic rings. The van der Waals surface area contributed by atoms with Gasteiger partial charge in [0.05, 0.1) is 17.1 Å². The number of ether oxygens (including phenoxy) is 1. The van der Waals surface area contributed by atoms with Crippen LogP contribution in [-0.4, -0.2) is 18.1 Å². The number of hydrogen-bond donors (Lipinski definition) is 2. The number of carbonyl (C=O) groups is 1. The minimum atomic E-state index is -0.162. The van der Waals surface area contributed by atoms with Gasteiger partial charge in [0.1, 0.15) is 11.5 Å². The fourth-order valence-electron chi connectivity index (χ4n) is 3.87. The van der Waals surface area contributed by atoms with Gasteiger partial charge in [-0.2, -0.15) is 0 Å². The normalized spacial score (nSPS) is 12.5. The zero-order valence-corrected chi connectivity index (χ0v) is 20.9. The van der Waals surface area contributed by atoms with Gasteiger partial charge in [0.2, 0.25) is 5.91 Å². The van der Waals surface area contributed by atoms with Crippen LogP contribution in [0.25, 0.3) is 0 Å². The van der Waals surface area contributed by atoms with Gasteiger partial charge in [-0.05, 0) is 83.0 Å². The molecule has 1 unspecified atom stereocenters. The van der Waals surface area contributed by atoms with Crippen molar-refractivity contribution in [3.8, 4) is 11.5 Å². The van der Waals surface area contributed by atoms with Crippen LogP contribution < -0.4 is 10.1 Å². The van der Waals surface area contributed by atoms with E-state index in [1.165, 1.54) is 18.4 Å². The summed E-state index contributed by atoms with van der Waals surface area (Å²) in [7, 11) is 1.57. The van der Waals surface area contributed by atoms with E-state index in [0.717, 1.165) is 24.4 Å². The van der Waals surface area contributed by atoms with E-state index in [9.17, 15) is 9.90 Å². The van der Waals surface area contributed by atoms with Crippen molar-refractivity contribution in [1.29, 1.82) is 0 Å². The van der Waals surface area contributed by atoms with Crippen LogP contribution in [0, 0.1) is 14.9 Å². The Kier molecular flexibility index (Phi) is 9.01. The summed E-state index contributed by atoms with van der Waals surface area (Å²) >= 11 is 2.04. The monoisotopic (exact) mass is 523 g/mol. The maximum absolute atomic E-state index is 12.5. The summed E-state index contributed by atoms with van der Waals surface area (Å²) in [5.74, 6) is 1.32. The second-order valence-corrected chi connectivity index (χ2v) is 10.1. The average molecular weight is 523 g/mol. The van der Waals surface area contributed by atoms with E-state index in [1.807, 2.05) is 40.8 Å². The van der Waals surface area contributed by atoms with Crippen molar-refractivity contribution >= 4 is 34.2 Å². The largest absolute Gasteiger partial charge is 0.507 e. The lowest BCUT2D eigenvalue weighted by molar-refractivity contribution is -0.115. The summed E-state index contributed by atoms with van der Waals surface area (Å²) < 4.78 is 5.91. The quantitative estimate of drug-likeness (QED) is 0.365. The first kappa shape index (κ1) is 24.5. The maximum atomic E-state index is 12.5. The molecule has 164 valence electrons. The second-order valence-electron chi connectivity index (χ2n) is 8.91. The van der Waals surface area contributed by atoms with Gasteiger partial charge in [0.25, 0.3) is 0 Å². The number of aromatic hydroxyl groups is 1. The molecule has 30 heavy (non-hydrogen) atoms. The lowest BCUT2D eigenvalue weighted by Gasteiger charge is -2.29. The third-order valence-corrected chi connectivity index (χ3v) is 6.47. The molecule has 0 radical (unpaired) electrons. The standard InChI is InChI=1S/C25H34INO3/c1-6-19(25(2,3)4)11-7-9-17-10-8-12-20(13-17)27-23(28)15-18-14-21(30-5)16-22(26)24(18)29/h8,10,12-14,16,19,29H,6-7,9,11,15H2,1-5H3,(H,27,28). The van der Waals surface area contributed by atoms with Gasteiger partial charge in [0.15, 0.2) is 0 Å². The number of aryl methyl sites for hydroxylation is 1. The molecule has 1 atom stereocenters. The first-order valence-electron chi connectivity index (χ1n) is 10.6. The van der Waals surface area contributed by atoms with Gasteiger partial charge >= 0.3 is 0 Å². The number of nitrogens with one attached hydrogen (secondary N) is 1. The number of benzene rings is 2. The zero-order chi connectivity index (χ0) is 22.3. The van der Waals surface area contributed by atoms with E-state index in [4.69, 9.17) is 4.74 Å². The van der Waals surface area contributed by atoms with E-state index in [-0.39, 0.29) is 18.1 Å². The molecule has 2 N–H and O–H groups in total. The number of phenolic OH excluding ortho intramolecular Hbond substituents is 1. The van der Waals surface area contributed by atoms with Crippen molar-refractivity contribution in [2.45, 2.75) is 59.8 Å². The highest BCUT2D eigenvalue weighted by Crippen LogP contribution is 2.33. The van der Waals surface area contributed by atoms with E-state index >= 15 is 0 Å². The van der Waals surface area contributed by atoms with Crippen LogP contribution in [0.1, 0.15) is 58.1 Å². The smallest absolute Gasteiger partial charge is 0.228 e. The molecule has 0 fully saturated rings. The fraction of sp³-hybridized carbons (Fsp3) is 0.480. The molecule has 0 heterocycles. The topological polar surface area (TPSA) is 58.6 Å². The summed E-state index contributed by atoms with van der Waals surface area (Å²) in [4.78, 5) is 12.5. The van der Waals surface area contributed by atoms with Crippen LogP contribution >= 0.6 is 22.6 Å². The molecule has 1 amide bonds. The number of carbonyl (C=O) groups excluding carboxylic acids is 1. The second kappa shape index (κ2) is 11.0. The van der Waals surface area contributed by atoms with Gasteiger partial charge in [-0.15, -0.1) is 0 Å². The van der Waals surface area contributed by atoms with E-state index in [2.05, 4.69) is 39.1 Å². The van der Waals surface area contributed by atoms with Crippen LogP contribution in [0.5, 0.6) is 11.5 Å². The highest BCUT2D eigenvalue weighted by atomic mass is 127. The Bertz CT molecular complexity index is 858. The Morgan fingerprint density at radius 1 is 1.23 bits per heavy atom. The predicted molar refractivity (Wildman–Crippen MR) is 132 cm³/mol. The van der Waals surface area contributed by atoms with Gasteiger partial charge in [0, 0.05) is 11.3 Å². The minimum absolute atomic E-state index is 0.0903. The lowest BCUT2D eigenvalue weighted by Crippen LogP contribution is -2.19. The van der Waals surface area contributed by atoms with Crippen molar-refractivity contribution in [2.24, 2.45) is 11.3 Å². The third-order valence-electron chi connectivity index (χ3n) is 5.65. The van der Waals surface area contributed by atoms with Crippen molar-refractivity contribution in [3.63, 3.8) is 0 Å². The van der Waals surface area contributed by atoms with E-state index in [1.54, 1.807) is 19.2 Å². The molecule has 2 aromatic rings. The first-order chi connectivity index (χ1) is 14.1. The number of phenols is 1. The zero-order valence-electron chi connectivity index (χ0n) is 18.7. The molecule has 2 aromatic carbocycles. The van der Waals surface area contributed by atoms with E-state index in [0.29, 0.717) is 20.3 Å². The van der Waals surface area contributed by atoms with Gasteiger partial charge in [-0.25, -0.2) is 0 Å². The molecule has 0 spiro atoms. The summed E-state index contributed by atoms with van der Waals surface area (Å²) in [6.45, 7) is 9.22. The van der Waals surface area contributed by atoms with Crippen molar-refractivity contribution in [2.75, 3.05) is 12.4 Å². The average Bonchev–Trinajstić information content (AvgIpc) is 2.67. The minimum Gasteiger partial charge on any atom is -0.507 e. The molecule has 4 nitrogen and oxygen atoms in total. The fourth-order valence-corrected chi connectivity index (χ4v) is 4.52. The summed E-state index contributed by atoms with van der Waals surface area (Å²) in [6.07, 6.45) is 4.65.